The second-order valence-electron chi connectivity index (χ2n) is 5.06. The van der Waals surface area contributed by atoms with Gasteiger partial charge in [0.1, 0.15) is 5.01 Å². The molecule has 0 atom stereocenters. The Morgan fingerprint density at radius 1 is 1.29 bits per heavy atom. The minimum absolute atomic E-state index is 0.455. The second-order valence-corrected chi connectivity index (χ2v) is 7.88. The van der Waals surface area contributed by atoms with Crippen LogP contribution in [0, 0.1) is 0 Å². The summed E-state index contributed by atoms with van der Waals surface area (Å²) in [7, 11) is -0.625. The molecule has 0 bridgehead atoms. The van der Waals surface area contributed by atoms with Gasteiger partial charge in [0.15, 0.2) is 0 Å². The molecule has 0 unspecified atom stereocenters. The van der Waals surface area contributed by atoms with Gasteiger partial charge in [-0.2, -0.15) is 0 Å². The first-order chi connectivity index (χ1) is 10.3. The predicted octanol–water partition coefficient (Wildman–Crippen LogP) is 3.11. The number of aromatic nitrogens is 1. The number of hydrogen-bond acceptors (Lipinski definition) is 4. The lowest BCUT2D eigenvalue weighted by Gasteiger charge is -2.26. The van der Waals surface area contributed by atoms with Crippen LogP contribution in [-0.2, 0) is 23.2 Å². The summed E-state index contributed by atoms with van der Waals surface area (Å²) in [6.07, 6.45) is 0. The number of halogens is 1. The van der Waals surface area contributed by atoms with Crippen LogP contribution in [0.5, 0.6) is 0 Å². The number of rotatable bonds is 4. The summed E-state index contributed by atoms with van der Waals surface area (Å²) in [6.45, 7) is 2.71. The summed E-state index contributed by atoms with van der Waals surface area (Å²) in [5.41, 5.74) is 3.39. The Kier molecular flexibility index (Phi) is 5.06. The maximum atomic E-state index is 11.4. The Morgan fingerprint density at radius 3 is 2.76 bits per heavy atom. The normalized spacial score (nSPS) is 17.2. The van der Waals surface area contributed by atoms with Crippen molar-refractivity contribution in [1.82, 2.24) is 9.88 Å². The first-order valence-electron chi connectivity index (χ1n) is 6.92. The third-order valence-corrected chi connectivity index (χ3v) is 6.07. The summed E-state index contributed by atoms with van der Waals surface area (Å²) in [6, 6.07) is 8.39. The van der Waals surface area contributed by atoms with E-state index in [0.717, 1.165) is 41.8 Å². The van der Waals surface area contributed by atoms with Crippen molar-refractivity contribution in [1.29, 1.82) is 0 Å². The van der Waals surface area contributed by atoms with Crippen LogP contribution in [0.25, 0.3) is 10.6 Å². The summed E-state index contributed by atoms with van der Waals surface area (Å²) in [4.78, 5) is 6.96. The smallest absolute Gasteiger partial charge is 0.123 e. The maximum absolute atomic E-state index is 11.4. The van der Waals surface area contributed by atoms with Gasteiger partial charge in [0.05, 0.1) is 11.6 Å². The van der Waals surface area contributed by atoms with Crippen molar-refractivity contribution in [3.63, 3.8) is 0 Å². The molecule has 1 aromatic heterocycles. The average Bonchev–Trinajstić information content (AvgIpc) is 2.99. The zero-order valence-electron chi connectivity index (χ0n) is 11.6. The molecule has 3 nitrogen and oxygen atoms in total. The first kappa shape index (κ1) is 15.2. The van der Waals surface area contributed by atoms with Crippen LogP contribution in [0.3, 0.4) is 0 Å². The molecule has 21 heavy (non-hydrogen) atoms. The van der Waals surface area contributed by atoms with E-state index in [1.54, 1.807) is 11.3 Å². The highest BCUT2D eigenvalue weighted by atomic mass is 35.5. The molecule has 1 aliphatic rings. The molecule has 0 spiro atoms. The molecule has 1 fully saturated rings. The summed E-state index contributed by atoms with van der Waals surface area (Å²) in [5.74, 6) is 2.03. The van der Waals surface area contributed by atoms with Crippen molar-refractivity contribution < 1.29 is 4.21 Å². The molecule has 0 saturated carbocycles. The molecule has 1 aromatic carbocycles. The highest BCUT2D eigenvalue weighted by Gasteiger charge is 2.17. The molecule has 6 heteroatoms. The fourth-order valence-electron chi connectivity index (χ4n) is 2.43. The monoisotopic (exact) mass is 340 g/mol. The van der Waals surface area contributed by atoms with E-state index in [9.17, 15) is 4.21 Å². The number of nitrogens with zero attached hydrogens (tertiary/aromatic N) is 2. The zero-order valence-corrected chi connectivity index (χ0v) is 14.0. The van der Waals surface area contributed by atoms with Gasteiger partial charge in [-0.1, -0.05) is 24.3 Å². The van der Waals surface area contributed by atoms with Crippen molar-refractivity contribution >= 4 is 33.7 Å². The topological polar surface area (TPSA) is 33.2 Å². The molecule has 0 N–H and O–H groups in total. The maximum Gasteiger partial charge on any atom is 0.123 e. The molecule has 1 aliphatic heterocycles. The minimum Gasteiger partial charge on any atom is -0.297 e. The van der Waals surface area contributed by atoms with Gasteiger partial charge in [0.2, 0.25) is 0 Å². The van der Waals surface area contributed by atoms with Crippen LogP contribution in [0.2, 0.25) is 0 Å². The summed E-state index contributed by atoms with van der Waals surface area (Å²) < 4.78 is 11.4. The van der Waals surface area contributed by atoms with Crippen LogP contribution < -0.4 is 0 Å². The van der Waals surface area contributed by atoms with Gasteiger partial charge in [0.25, 0.3) is 0 Å². The molecule has 1 saturated heterocycles. The van der Waals surface area contributed by atoms with E-state index in [1.807, 2.05) is 11.4 Å². The fourth-order valence-corrected chi connectivity index (χ4v) is 4.67. The molecule has 112 valence electrons. The molecule has 0 amide bonds. The lowest BCUT2D eigenvalue weighted by atomic mass is 10.1. The Morgan fingerprint density at radius 2 is 2.05 bits per heavy atom. The Hall–Kier alpha value is -0.750. The molecule has 3 rings (SSSR count). The van der Waals surface area contributed by atoms with E-state index >= 15 is 0 Å². The Bertz CT molecular complexity index is 634. The molecule has 0 aliphatic carbocycles. The fraction of sp³-hybridized carbons (Fsp3) is 0.400. The first-order valence-corrected chi connectivity index (χ1v) is 9.82. The number of alkyl halides is 1. The highest BCUT2D eigenvalue weighted by molar-refractivity contribution is 7.85. The van der Waals surface area contributed by atoms with Crippen molar-refractivity contribution in [3.05, 3.63) is 40.9 Å². The predicted molar refractivity (Wildman–Crippen MR) is 90.3 cm³/mol. The van der Waals surface area contributed by atoms with Crippen molar-refractivity contribution in [2.24, 2.45) is 0 Å². The highest BCUT2D eigenvalue weighted by Crippen LogP contribution is 2.28. The number of thiazole rings is 1. The Balaban J connectivity index is 1.80. The Labute approximate surface area is 136 Å². The van der Waals surface area contributed by atoms with E-state index in [4.69, 9.17) is 11.6 Å². The van der Waals surface area contributed by atoms with E-state index in [0.29, 0.717) is 5.88 Å². The second kappa shape index (κ2) is 7.01. The van der Waals surface area contributed by atoms with Crippen molar-refractivity contribution in [2.75, 3.05) is 24.6 Å². The molecule has 2 heterocycles. The van der Waals surface area contributed by atoms with Gasteiger partial charge in [-0.05, 0) is 5.56 Å². The SMILES string of the molecule is O=S1CCN(Cc2ccccc2-c2nc(CCl)cs2)CC1. The number of hydrogen-bond donors (Lipinski definition) is 0. The van der Waals surface area contributed by atoms with Gasteiger partial charge < -0.3 is 0 Å². The standard InChI is InChI=1S/C15H17ClN2OS2/c16-9-13-11-20-15(17-13)14-4-2-1-3-12(14)10-18-5-7-21(19)8-6-18/h1-4,11H,5-10H2. The van der Waals surface area contributed by atoms with Crippen LogP contribution in [0.1, 0.15) is 11.3 Å². The molecular formula is C15H17ClN2OS2. The van der Waals surface area contributed by atoms with E-state index in [1.165, 1.54) is 11.1 Å². The molecule has 2 aromatic rings. The van der Waals surface area contributed by atoms with Crippen LogP contribution in [0.4, 0.5) is 0 Å². The molecular weight excluding hydrogens is 324 g/mol. The van der Waals surface area contributed by atoms with Crippen LogP contribution in [0.15, 0.2) is 29.6 Å². The van der Waals surface area contributed by atoms with E-state index in [-0.39, 0.29) is 0 Å². The minimum atomic E-state index is -0.625. The zero-order chi connectivity index (χ0) is 14.7. The van der Waals surface area contributed by atoms with E-state index in [2.05, 4.69) is 28.1 Å². The van der Waals surface area contributed by atoms with Gasteiger partial charge in [-0.3, -0.25) is 9.11 Å². The van der Waals surface area contributed by atoms with Crippen molar-refractivity contribution in [2.45, 2.75) is 12.4 Å². The quantitative estimate of drug-likeness (QED) is 0.802. The van der Waals surface area contributed by atoms with Gasteiger partial charge in [0, 0.05) is 52.9 Å². The third kappa shape index (κ3) is 3.72. The third-order valence-electron chi connectivity index (χ3n) is 3.60. The van der Waals surface area contributed by atoms with Crippen LogP contribution in [-0.4, -0.2) is 38.7 Å². The number of benzene rings is 1. The largest absolute Gasteiger partial charge is 0.297 e. The lowest BCUT2D eigenvalue weighted by Crippen LogP contribution is -2.37. The lowest BCUT2D eigenvalue weighted by molar-refractivity contribution is 0.292. The van der Waals surface area contributed by atoms with Gasteiger partial charge in [-0.15, -0.1) is 22.9 Å². The summed E-state index contributed by atoms with van der Waals surface area (Å²) >= 11 is 7.48. The van der Waals surface area contributed by atoms with Crippen molar-refractivity contribution in [3.8, 4) is 10.6 Å². The van der Waals surface area contributed by atoms with Gasteiger partial charge >= 0.3 is 0 Å². The van der Waals surface area contributed by atoms with E-state index < -0.39 is 10.8 Å². The average molecular weight is 341 g/mol. The van der Waals surface area contributed by atoms with Crippen LogP contribution >= 0.6 is 22.9 Å². The summed E-state index contributed by atoms with van der Waals surface area (Å²) in [5, 5.41) is 3.05. The van der Waals surface area contributed by atoms with Gasteiger partial charge in [-0.25, -0.2) is 4.98 Å². The molecule has 0 radical (unpaired) electrons.